The fourth-order valence-corrected chi connectivity index (χ4v) is 2.57. The van der Waals surface area contributed by atoms with Gasteiger partial charge in [0, 0.05) is 23.7 Å². The van der Waals surface area contributed by atoms with Crippen LogP contribution in [0.15, 0.2) is 72.8 Å². The van der Waals surface area contributed by atoms with E-state index in [9.17, 15) is 4.79 Å². The zero-order valence-electron chi connectivity index (χ0n) is 12.8. The maximum absolute atomic E-state index is 11.6. The summed E-state index contributed by atoms with van der Waals surface area (Å²) in [5.41, 5.74) is 10.2. The summed E-state index contributed by atoms with van der Waals surface area (Å²) in [6, 6.07) is 23.2. The fourth-order valence-electron chi connectivity index (χ4n) is 2.57. The molecule has 2 N–H and O–H groups in total. The van der Waals surface area contributed by atoms with E-state index >= 15 is 0 Å². The second kappa shape index (κ2) is 6.36. The van der Waals surface area contributed by atoms with Crippen LogP contribution in [-0.4, -0.2) is 5.97 Å². The van der Waals surface area contributed by atoms with Gasteiger partial charge in [0.2, 0.25) is 0 Å². The Balaban J connectivity index is 2.27. The zero-order chi connectivity index (χ0) is 16.2. The van der Waals surface area contributed by atoms with Crippen LogP contribution in [0.5, 0.6) is 5.75 Å². The smallest absolute Gasteiger partial charge is 0.308 e. The molecule has 3 aromatic carbocycles. The van der Waals surface area contributed by atoms with Crippen LogP contribution in [0.25, 0.3) is 22.3 Å². The molecular formula is C20H17NO2. The summed E-state index contributed by atoms with van der Waals surface area (Å²) in [7, 11) is 0. The largest absolute Gasteiger partial charge is 0.425 e. The number of anilines is 1. The highest BCUT2D eigenvalue weighted by atomic mass is 16.5. The molecule has 0 atom stereocenters. The molecule has 0 aliphatic heterocycles. The van der Waals surface area contributed by atoms with Gasteiger partial charge in [-0.05, 0) is 23.3 Å². The lowest BCUT2D eigenvalue weighted by atomic mass is 9.96. The van der Waals surface area contributed by atoms with Gasteiger partial charge in [0.15, 0.2) is 0 Å². The van der Waals surface area contributed by atoms with Crippen LogP contribution in [0.2, 0.25) is 0 Å². The van der Waals surface area contributed by atoms with Gasteiger partial charge in [0.05, 0.1) is 0 Å². The molecular weight excluding hydrogens is 286 g/mol. The molecule has 23 heavy (non-hydrogen) atoms. The third-order valence-corrected chi connectivity index (χ3v) is 3.53. The number of nitrogens with two attached hydrogens (primary N) is 1. The Morgan fingerprint density at radius 2 is 1.26 bits per heavy atom. The minimum atomic E-state index is -0.357. The van der Waals surface area contributed by atoms with Gasteiger partial charge in [-0.15, -0.1) is 0 Å². The van der Waals surface area contributed by atoms with E-state index in [-0.39, 0.29) is 5.97 Å². The first-order valence-electron chi connectivity index (χ1n) is 7.38. The normalized spacial score (nSPS) is 10.3. The fraction of sp³-hybridized carbons (Fsp3) is 0.0500. The molecule has 0 bridgehead atoms. The zero-order valence-corrected chi connectivity index (χ0v) is 12.8. The number of nitrogen functional groups attached to an aromatic ring is 1. The van der Waals surface area contributed by atoms with Crippen molar-refractivity contribution in [3.8, 4) is 28.0 Å². The molecule has 3 aromatic rings. The van der Waals surface area contributed by atoms with Crippen molar-refractivity contribution >= 4 is 11.7 Å². The number of carbonyl (C=O) groups excluding carboxylic acids is 1. The molecule has 0 unspecified atom stereocenters. The topological polar surface area (TPSA) is 52.3 Å². The van der Waals surface area contributed by atoms with E-state index in [4.69, 9.17) is 10.5 Å². The number of ether oxygens (including phenoxy) is 1. The second-order valence-corrected chi connectivity index (χ2v) is 5.27. The van der Waals surface area contributed by atoms with E-state index in [0.29, 0.717) is 11.4 Å². The Morgan fingerprint density at radius 3 is 1.65 bits per heavy atom. The van der Waals surface area contributed by atoms with Crippen LogP contribution in [0.1, 0.15) is 6.92 Å². The monoisotopic (exact) mass is 303 g/mol. The van der Waals surface area contributed by atoms with Crippen LogP contribution < -0.4 is 10.5 Å². The molecule has 3 rings (SSSR count). The van der Waals surface area contributed by atoms with Crippen LogP contribution in [0.4, 0.5) is 5.69 Å². The van der Waals surface area contributed by atoms with Gasteiger partial charge < -0.3 is 10.5 Å². The molecule has 0 heterocycles. The van der Waals surface area contributed by atoms with E-state index in [1.54, 1.807) is 0 Å². The number of hydrogen-bond acceptors (Lipinski definition) is 3. The van der Waals surface area contributed by atoms with E-state index in [1.165, 1.54) is 6.92 Å². The van der Waals surface area contributed by atoms with E-state index in [0.717, 1.165) is 22.3 Å². The summed E-state index contributed by atoms with van der Waals surface area (Å²) in [6.45, 7) is 1.40. The Labute approximate surface area is 135 Å². The van der Waals surface area contributed by atoms with E-state index in [2.05, 4.69) is 0 Å². The number of benzene rings is 3. The molecule has 0 aliphatic carbocycles. The molecule has 0 saturated carbocycles. The number of rotatable bonds is 3. The van der Waals surface area contributed by atoms with Crippen LogP contribution >= 0.6 is 0 Å². The van der Waals surface area contributed by atoms with Gasteiger partial charge in [0.25, 0.3) is 0 Å². The van der Waals surface area contributed by atoms with E-state index in [1.807, 2.05) is 72.8 Å². The third-order valence-electron chi connectivity index (χ3n) is 3.53. The average Bonchev–Trinajstić information content (AvgIpc) is 2.57. The van der Waals surface area contributed by atoms with Crippen LogP contribution in [0, 0.1) is 0 Å². The van der Waals surface area contributed by atoms with Crippen molar-refractivity contribution in [2.75, 3.05) is 5.73 Å². The molecule has 0 fully saturated rings. The third kappa shape index (κ3) is 3.24. The molecule has 3 nitrogen and oxygen atoms in total. The van der Waals surface area contributed by atoms with Crippen LogP contribution in [-0.2, 0) is 4.79 Å². The summed E-state index contributed by atoms with van der Waals surface area (Å²) in [6.07, 6.45) is 0. The van der Waals surface area contributed by atoms with Gasteiger partial charge in [0.1, 0.15) is 5.75 Å². The number of esters is 1. The maximum atomic E-state index is 11.6. The maximum Gasteiger partial charge on any atom is 0.308 e. The molecule has 3 heteroatoms. The summed E-state index contributed by atoms with van der Waals surface area (Å²) < 4.78 is 5.55. The summed E-state index contributed by atoms with van der Waals surface area (Å²) >= 11 is 0. The lowest BCUT2D eigenvalue weighted by Gasteiger charge is -2.16. The highest BCUT2D eigenvalue weighted by Gasteiger charge is 2.16. The predicted molar refractivity (Wildman–Crippen MR) is 93.0 cm³/mol. The molecule has 0 spiro atoms. The van der Waals surface area contributed by atoms with Gasteiger partial charge >= 0.3 is 5.97 Å². The van der Waals surface area contributed by atoms with Crippen molar-refractivity contribution in [2.24, 2.45) is 0 Å². The number of hydrogen-bond donors (Lipinski definition) is 1. The minimum Gasteiger partial charge on any atom is -0.425 e. The minimum absolute atomic E-state index is 0.357. The van der Waals surface area contributed by atoms with Gasteiger partial charge in [-0.3, -0.25) is 4.79 Å². The average molecular weight is 303 g/mol. The first-order chi connectivity index (χ1) is 11.1. The first kappa shape index (κ1) is 14.9. The Kier molecular flexibility index (Phi) is 4.11. The standard InChI is InChI=1S/C20H17NO2/c1-14(22)23-20-18(15-8-4-2-5-9-15)12-17(21)13-19(20)16-10-6-3-7-11-16/h2-13H,21H2,1H3. The molecule has 0 radical (unpaired) electrons. The van der Waals surface area contributed by atoms with Gasteiger partial charge in [-0.25, -0.2) is 0 Å². The van der Waals surface area contributed by atoms with Gasteiger partial charge in [-0.1, -0.05) is 60.7 Å². The molecule has 0 saturated heterocycles. The Morgan fingerprint density at radius 1 is 0.826 bits per heavy atom. The van der Waals surface area contributed by atoms with Gasteiger partial charge in [-0.2, -0.15) is 0 Å². The van der Waals surface area contributed by atoms with Crippen molar-refractivity contribution in [1.29, 1.82) is 0 Å². The summed E-state index contributed by atoms with van der Waals surface area (Å²) in [5.74, 6) is 0.174. The van der Waals surface area contributed by atoms with E-state index < -0.39 is 0 Å². The Hall–Kier alpha value is -3.07. The van der Waals surface area contributed by atoms with Crippen LogP contribution in [0.3, 0.4) is 0 Å². The lowest BCUT2D eigenvalue weighted by Crippen LogP contribution is -2.05. The highest BCUT2D eigenvalue weighted by Crippen LogP contribution is 2.41. The van der Waals surface area contributed by atoms with Crippen molar-refractivity contribution in [3.05, 3.63) is 72.8 Å². The summed E-state index contributed by atoms with van der Waals surface area (Å²) in [5, 5.41) is 0. The van der Waals surface area contributed by atoms with Crippen molar-refractivity contribution < 1.29 is 9.53 Å². The summed E-state index contributed by atoms with van der Waals surface area (Å²) in [4.78, 5) is 11.6. The second-order valence-electron chi connectivity index (χ2n) is 5.27. The molecule has 0 aliphatic rings. The highest BCUT2D eigenvalue weighted by molar-refractivity contribution is 5.88. The van der Waals surface area contributed by atoms with Crippen molar-refractivity contribution in [3.63, 3.8) is 0 Å². The van der Waals surface area contributed by atoms with Crippen molar-refractivity contribution in [1.82, 2.24) is 0 Å². The molecule has 0 aromatic heterocycles. The first-order valence-corrected chi connectivity index (χ1v) is 7.38. The van der Waals surface area contributed by atoms with Crippen molar-refractivity contribution in [2.45, 2.75) is 6.92 Å². The molecule has 0 amide bonds. The lowest BCUT2D eigenvalue weighted by molar-refractivity contribution is -0.131. The SMILES string of the molecule is CC(=O)Oc1c(-c2ccccc2)cc(N)cc1-c1ccccc1. The molecule has 114 valence electrons. The quantitative estimate of drug-likeness (QED) is 0.439. The predicted octanol–water partition coefficient (Wildman–Crippen LogP) is 4.53. The number of carbonyl (C=O) groups is 1. The Bertz CT molecular complexity index is 766.